The fraction of sp³-hybridized carbons (Fsp3) is 0.240. The number of ether oxygens (including phenoxy) is 3. The monoisotopic (exact) mass is 426 g/mol. The standard InChI is InChI=1S/C25H22N4O3/c1-24(2,13-26)14-30-18-6-8-22-20(11-18)25(15-31-23(27)29-25)19-10-16(5-7-21(19)32-22)17-4-3-9-28-12-17/h3-12H,14-15H2,1-2H3,(H2,27,29)/t25-/m0/s1. The van der Waals surface area contributed by atoms with E-state index in [0.29, 0.717) is 17.2 Å². The Bertz CT molecular complexity index is 1260. The molecule has 2 N–H and O–H groups in total. The van der Waals surface area contributed by atoms with Crippen molar-refractivity contribution in [2.45, 2.75) is 19.4 Å². The van der Waals surface area contributed by atoms with E-state index in [-0.39, 0.29) is 19.2 Å². The highest BCUT2D eigenvalue weighted by atomic mass is 16.5. The van der Waals surface area contributed by atoms with E-state index in [1.54, 1.807) is 6.20 Å². The smallest absolute Gasteiger partial charge is 0.283 e. The van der Waals surface area contributed by atoms with Gasteiger partial charge < -0.3 is 19.9 Å². The summed E-state index contributed by atoms with van der Waals surface area (Å²) < 4.78 is 17.8. The van der Waals surface area contributed by atoms with Crippen LogP contribution in [0.1, 0.15) is 25.0 Å². The average Bonchev–Trinajstić information content (AvgIpc) is 3.21. The summed E-state index contributed by atoms with van der Waals surface area (Å²) in [5.41, 5.74) is 8.18. The van der Waals surface area contributed by atoms with Crippen LogP contribution >= 0.6 is 0 Å². The number of nitrogens with two attached hydrogens (primary N) is 1. The van der Waals surface area contributed by atoms with Crippen molar-refractivity contribution in [3.8, 4) is 34.4 Å². The van der Waals surface area contributed by atoms with Gasteiger partial charge in [-0.25, -0.2) is 4.99 Å². The lowest BCUT2D eigenvalue weighted by molar-refractivity contribution is 0.225. The molecule has 0 unspecified atom stereocenters. The van der Waals surface area contributed by atoms with Crippen LogP contribution in [0.15, 0.2) is 65.9 Å². The SMILES string of the molecule is CC(C)(C#N)COc1ccc2c(c1)[C@]1(COC(N)=N1)c1cc(-c3cccnc3)ccc1O2. The van der Waals surface area contributed by atoms with E-state index in [1.165, 1.54) is 0 Å². The predicted octanol–water partition coefficient (Wildman–Crippen LogP) is 4.37. The molecule has 1 atom stereocenters. The van der Waals surface area contributed by atoms with Gasteiger partial charge in [0.25, 0.3) is 6.02 Å². The molecule has 5 rings (SSSR count). The Balaban J connectivity index is 1.61. The Morgan fingerprint density at radius 3 is 2.59 bits per heavy atom. The molecule has 0 aliphatic carbocycles. The van der Waals surface area contributed by atoms with Crippen molar-refractivity contribution < 1.29 is 14.2 Å². The van der Waals surface area contributed by atoms with Gasteiger partial charge in [0.1, 0.15) is 30.5 Å². The van der Waals surface area contributed by atoms with E-state index in [9.17, 15) is 5.26 Å². The minimum atomic E-state index is -0.852. The van der Waals surface area contributed by atoms with Gasteiger partial charge in [-0.15, -0.1) is 0 Å². The van der Waals surface area contributed by atoms with Crippen LogP contribution in [0.25, 0.3) is 11.1 Å². The first-order valence-electron chi connectivity index (χ1n) is 10.3. The minimum absolute atomic E-state index is 0.132. The number of amidine groups is 1. The maximum absolute atomic E-state index is 9.29. The van der Waals surface area contributed by atoms with Gasteiger partial charge in [0, 0.05) is 29.1 Å². The molecule has 0 saturated carbocycles. The molecule has 0 fully saturated rings. The van der Waals surface area contributed by atoms with Crippen molar-refractivity contribution in [1.29, 1.82) is 5.26 Å². The second-order valence-corrected chi connectivity index (χ2v) is 8.60. The lowest BCUT2D eigenvalue weighted by atomic mass is 9.80. The highest BCUT2D eigenvalue weighted by molar-refractivity contribution is 5.78. The van der Waals surface area contributed by atoms with Crippen molar-refractivity contribution in [3.63, 3.8) is 0 Å². The first-order chi connectivity index (χ1) is 15.4. The Hall–Kier alpha value is -4.05. The number of aliphatic imine (C=N–C) groups is 1. The van der Waals surface area contributed by atoms with Crippen molar-refractivity contribution in [1.82, 2.24) is 4.98 Å². The van der Waals surface area contributed by atoms with Crippen LogP contribution < -0.4 is 15.2 Å². The molecule has 0 radical (unpaired) electrons. The lowest BCUT2D eigenvalue weighted by Gasteiger charge is -2.34. The summed E-state index contributed by atoms with van der Waals surface area (Å²) in [5.74, 6) is 2.00. The topological polar surface area (TPSA) is 103 Å². The van der Waals surface area contributed by atoms with Gasteiger partial charge in [0.05, 0.1) is 11.5 Å². The Morgan fingerprint density at radius 1 is 1.12 bits per heavy atom. The fourth-order valence-corrected chi connectivity index (χ4v) is 3.93. The molecule has 1 spiro atoms. The summed E-state index contributed by atoms with van der Waals surface area (Å²) in [6, 6.07) is 17.9. The average molecular weight is 426 g/mol. The van der Waals surface area contributed by atoms with E-state index in [0.717, 1.165) is 22.3 Å². The van der Waals surface area contributed by atoms with Crippen LogP contribution in [-0.2, 0) is 10.3 Å². The molecule has 32 heavy (non-hydrogen) atoms. The number of aromatic nitrogens is 1. The molecule has 2 aliphatic heterocycles. The van der Waals surface area contributed by atoms with E-state index in [1.807, 2.05) is 68.6 Å². The highest BCUT2D eigenvalue weighted by Crippen LogP contribution is 2.52. The number of hydrogen-bond acceptors (Lipinski definition) is 7. The molecule has 7 nitrogen and oxygen atoms in total. The number of hydrogen-bond donors (Lipinski definition) is 1. The molecular formula is C25H22N4O3. The second kappa shape index (κ2) is 7.27. The first kappa shape index (κ1) is 19.9. The zero-order chi connectivity index (χ0) is 22.3. The van der Waals surface area contributed by atoms with E-state index in [2.05, 4.69) is 11.1 Å². The highest BCUT2D eigenvalue weighted by Gasteiger charge is 2.47. The second-order valence-electron chi connectivity index (χ2n) is 8.60. The van der Waals surface area contributed by atoms with Gasteiger partial charge >= 0.3 is 0 Å². The fourth-order valence-electron chi connectivity index (χ4n) is 3.93. The number of benzene rings is 2. The predicted molar refractivity (Wildman–Crippen MR) is 119 cm³/mol. The lowest BCUT2D eigenvalue weighted by Crippen LogP contribution is -2.31. The van der Waals surface area contributed by atoms with Crippen LogP contribution in [0.4, 0.5) is 0 Å². The molecule has 0 saturated heterocycles. The molecule has 3 aromatic rings. The van der Waals surface area contributed by atoms with E-state index >= 15 is 0 Å². The Morgan fingerprint density at radius 2 is 1.91 bits per heavy atom. The molecule has 1 aromatic heterocycles. The van der Waals surface area contributed by atoms with Crippen LogP contribution in [0.2, 0.25) is 0 Å². The van der Waals surface area contributed by atoms with Crippen LogP contribution in [0.3, 0.4) is 0 Å². The molecule has 7 heteroatoms. The first-order valence-corrected chi connectivity index (χ1v) is 10.3. The molecular weight excluding hydrogens is 404 g/mol. The largest absolute Gasteiger partial charge is 0.492 e. The van der Waals surface area contributed by atoms with Crippen LogP contribution in [0, 0.1) is 16.7 Å². The normalized spacial score (nSPS) is 18.6. The van der Waals surface area contributed by atoms with Gasteiger partial charge in [0.2, 0.25) is 0 Å². The molecule has 0 amide bonds. The molecule has 2 aliphatic rings. The van der Waals surface area contributed by atoms with Crippen molar-refractivity contribution in [3.05, 3.63) is 72.1 Å². The quantitative estimate of drug-likeness (QED) is 0.664. The molecule has 0 bridgehead atoms. The molecule has 2 aromatic carbocycles. The van der Waals surface area contributed by atoms with Crippen LogP contribution in [-0.4, -0.2) is 24.2 Å². The number of rotatable bonds is 4. The third-order valence-corrected chi connectivity index (χ3v) is 5.67. The van der Waals surface area contributed by atoms with Gasteiger partial charge in [-0.1, -0.05) is 12.1 Å². The molecule has 3 heterocycles. The third kappa shape index (κ3) is 3.30. The Labute approximate surface area is 186 Å². The zero-order valence-electron chi connectivity index (χ0n) is 17.8. The number of nitrogens with zero attached hydrogens (tertiary/aromatic N) is 3. The Kier molecular flexibility index (Phi) is 4.52. The van der Waals surface area contributed by atoms with Crippen molar-refractivity contribution >= 4 is 6.02 Å². The summed E-state index contributed by atoms with van der Waals surface area (Å²) in [6.07, 6.45) is 3.56. The summed E-state index contributed by atoms with van der Waals surface area (Å²) in [5, 5.41) is 9.29. The summed E-state index contributed by atoms with van der Waals surface area (Å²) in [7, 11) is 0. The third-order valence-electron chi connectivity index (χ3n) is 5.67. The van der Waals surface area contributed by atoms with Gasteiger partial charge in [-0.2, -0.15) is 5.26 Å². The number of nitriles is 1. The maximum Gasteiger partial charge on any atom is 0.283 e. The van der Waals surface area contributed by atoms with Crippen molar-refractivity contribution in [2.24, 2.45) is 16.1 Å². The number of fused-ring (bicyclic) bond motifs is 4. The van der Waals surface area contributed by atoms with Gasteiger partial charge in [-0.05, 0) is 55.8 Å². The minimum Gasteiger partial charge on any atom is -0.492 e. The maximum atomic E-state index is 9.29. The zero-order valence-corrected chi connectivity index (χ0v) is 17.8. The summed E-state index contributed by atoms with van der Waals surface area (Å²) in [6.45, 7) is 4.19. The summed E-state index contributed by atoms with van der Waals surface area (Å²) in [4.78, 5) is 8.96. The van der Waals surface area contributed by atoms with Gasteiger partial charge in [0.15, 0.2) is 5.54 Å². The van der Waals surface area contributed by atoms with Crippen molar-refractivity contribution in [2.75, 3.05) is 13.2 Å². The molecule has 160 valence electrons. The van der Waals surface area contributed by atoms with Crippen LogP contribution in [0.5, 0.6) is 17.2 Å². The summed E-state index contributed by atoms with van der Waals surface area (Å²) >= 11 is 0. The number of pyridine rings is 1. The van der Waals surface area contributed by atoms with E-state index < -0.39 is 11.0 Å². The van der Waals surface area contributed by atoms with Gasteiger partial charge in [-0.3, -0.25) is 4.98 Å². The van der Waals surface area contributed by atoms with E-state index in [4.69, 9.17) is 24.9 Å².